The highest BCUT2D eigenvalue weighted by atomic mass is 32.1. The van der Waals surface area contributed by atoms with Crippen LogP contribution in [-0.2, 0) is 4.79 Å². The zero-order valence-electron chi connectivity index (χ0n) is 22.4. The lowest BCUT2D eigenvalue weighted by molar-refractivity contribution is -0.120. The van der Waals surface area contributed by atoms with Crippen molar-refractivity contribution in [3.63, 3.8) is 0 Å². The van der Waals surface area contributed by atoms with Gasteiger partial charge in [-0.1, -0.05) is 31.8 Å². The van der Waals surface area contributed by atoms with Gasteiger partial charge in [0.15, 0.2) is 11.6 Å². The van der Waals surface area contributed by atoms with Gasteiger partial charge in [0.1, 0.15) is 23.0 Å². The van der Waals surface area contributed by atoms with Crippen molar-refractivity contribution in [2.45, 2.75) is 20.8 Å². The summed E-state index contributed by atoms with van der Waals surface area (Å²) in [5.41, 5.74) is 3.57. The first-order valence-electron chi connectivity index (χ1n) is 12.3. The van der Waals surface area contributed by atoms with Crippen molar-refractivity contribution in [3.05, 3.63) is 83.7 Å². The first kappa shape index (κ1) is 28.5. The van der Waals surface area contributed by atoms with Gasteiger partial charge in [0.25, 0.3) is 12.3 Å². The summed E-state index contributed by atoms with van der Waals surface area (Å²) >= 11 is 1.27. The molecule has 0 amide bonds. The molecule has 1 N–H and O–H groups in total. The van der Waals surface area contributed by atoms with E-state index in [9.17, 15) is 10.1 Å². The molecule has 0 atom stereocenters. The van der Waals surface area contributed by atoms with Gasteiger partial charge in [0.05, 0.1) is 17.9 Å². The first-order valence-corrected chi connectivity index (χ1v) is 13.1. The second kappa shape index (κ2) is 13.6. The maximum Gasteiger partial charge on any atom is 0.299 e. The van der Waals surface area contributed by atoms with E-state index in [1.165, 1.54) is 11.3 Å². The Morgan fingerprint density at radius 3 is 2.59 bits per heavy atom. The van der Waals surface area contributed by atoms with Gasteiger partial charge in [-0.3, -0.25) is 14.9 Å². The van der Waals surface area contributed by atoms with Gasteiger partial charge >= 0.3 is 0 Å². The fourth-order valence-electron chi connectivity index (χ4n) is 3.44. The van der Waals surface area contributed by atoms with Crippen molar-refractivity contribution in [1.29, 1.82) is 5.26 Å². The predicted octanol–water partition coefficient (Wildman–Crippen LogP) is 6.04. The second-order valence-electron chi connectivity index (χ2n) is 8.89. The number of carbonyl (C=O) groups is 1. The standard InChI is InChI=1S/C16H16N2O3S.C13H8N6/c1-10(2)8-20-14-5-4-12(6-13(14)7-17)15-18-11(3)16(22-15)21-9-19;1-14-11-8-10(4-7-16-11)13-17-12(18-19-13)9-2-5-15-6-3-9/h4-6,9-10H,8H2,1-3H3;2-8H,(H,17,18,19). The molecular formula is C29H24N8O3S. The van der Waals surface area contributed by atoms with E-state index in [0.717, 1.165) is 16.7 Å². The van der Waals surface area contributed by atoms with Crippen molar-refractivity contribution < 1.29 is 14.3 Å². The number of aromatic amines is 1. The highest BCUT2D eigenvalue weighted by Crippen LogP contribution is 2.35. The number of pyridine rings is 2. The van der Waals surface area contributed by atoms with Gasteiger partial charge in [-0.15, -0.1) is 4.98 Å². The van der Waals surface area contributed by atoms with Gasteiger partial charge in [-0.05, 0) is 55.3 Å². The van der Waals surface area contributed by atoms with E-state index in [0.29, 0.717) is 63.5 Å². The van der Waals surface area contributed by atoms with E-state index in [-0.39, 0.29) is 0 Å². The summed E-state index contributed by atoms with van der Waals surface area (Å²) in [6.45, 7) is 13.8. The molecule has 0 saturated carbocycles. The van der Waals surface area contributed by atoms with Gasteiger partial charge in [0.2, 0.25) is 5.06 Å². The molecule has 204 valence electrons. The third-order valence-electron chi connectivity index (χ3n) is 5.39. The average Bonchev–Trinajstić information content (AvgIpc) is 3.64. The Kier molecular flexibility index (Phi) is 9.44. The quantitative estimate of drug-likeness (QED) is 0.176. The molecule has 4 heterocycles. The zero-order chi connectivity index (χ0) is 29.2. The van der Waals surface area contributed by atoms with Crippen molar-refractivity contribution in [2.24, 2.45) is 5.92 Å². The molecule has 0 aliphatic carbocycles. The number of nitrogens with zero attached hydrogens (tertiary/aromatic N) is 7. The first-order chi connectivity index (χ1) is 19.9. The Labute approximate surface area is 240 Å². The number of ether oxygens (including phenoxy) is 2. The SMILES string of the molecule is Cc1nc(-c2ccc(OCC(C)C)c(C#N)c2)sc1OC=O.[C-]#[N+]c1cc(-c2n[nH]c(-c3ccncc3)n2)ccn1. The van der Waals surface area contributed by atoms with E-state index in [4.69, 9.17) is 16.0 Å². The molecule has 41 heavy (non-hydrogen) atoms. The summed E-state index contributed by atoms with van der Waals surface area (Å²) in [5.74, 6) is 2.49. The third-order valence-corrected chi connectivity index (χ3v) is 6.48. The Morgan fingerprint density at radius 1 is 1.10 bits per heavy atom. The highest BCUT2D eigenvalue weighted by molar-refractivity contribution is 7.17. The van der Waals surface area contributed by atoms with Crippen LogP contribution in [0, 0.1) is 30.7 Å². The average molecular weight is 565 g/mol. The van der Waals surface area contributed by atoms with Crippen LogP contribution in [0.5, 0.6) is 10.8 Å². The molecule has 1 aromatic carbocycles. The van der Waals surface area contributed by atoms with Crippen LogP contribution >= 0.6 is 11.3 Å². The predicted molar refractivity (Wildman–Crippen MR) is 153 cm³/mol. The number of nitrogens with one attached hydrogen (secondary N) is 1. The molecule has 5 aromatic rings. The summed E-state index contributed by atoms with van der Waals surface area (Å²) in [4.78, 5) is 30.4. The number of H-pyrrole nitrogens is 1. The van der Waals surface area contributed by atoms with Crippen molar-refractivity contribution in [2.75, 3.05) is 6.61 Å². The van der Waals surface area contributed by atoms with E-state index in [2.05, 4.69) is 41.0 Å². The Hall–Kier alpha value is -5.46. The topological polar surface area (TPSA) is 144 Å². The molecule has 0 saturated heterocycles. The number of aromatic nitrogens is 6. The number of aryl methyl sites for hydroxylation is 1. The molecule has 0 aliphatic rings. The minimum Gasteiger partial charge on any atom is -0.492 e. The van der Waals surface area contributed by atoms with E-state index < -0.39 is 0 Å². The maximum atomic E-state index is 10.4. The Balaban J connectivity index is 0.000000191. The molecule has 0 bridgehead atoms. The lowest BCUT2D eigenvalue weighted by Crippen LogP contribution is -2.05. The molecule has 0 spiro atoms. The molecule has 5 rings (SSSR count). The second-order valence-corrected chi connectivity index (χ2v) is 9.85. The highest BCUT2D eigenvalue weighted by Gasteiger charge is 2.13. The fraction of sp³-hybridized carbons (Fsp3) is 0.172. The van der Waals surface area contributed by atoms with Gasteiger partial charge in [-0.25, -0.2) is 9.97 Å². The number of benzene rings is 1. The van der Waals surface area contributed by atoms with E-state index in [1.54, 1.807) is 49.8 Å². The number of nitriles is 1. The molecule has 12 heteroatoms. The van der Waals surface area contributed by atoms with Crippen LogP contribution in [0.3, 0.4) is 0 Å². The molecule has 11 nitrogen and oxygen atoms in total. The molecular weight excluding hydrogens is 540 g/mol. The molecule has 0 radical (unpaired) electrons. The van der Waals surface area contributed by atoms with Crippen LogP contribution in [0.4, 0.5) is 5.82 Å². The van der Waals surface area contributed by atoms with Gasteiger partial charge in [0, 0.05) is 29.1 Å². The number of carbonyl (C=O) groups excluding carboxylic acids is 1. The number of thiazole rings is 1. The summed E-state index contributed by atoms with van der Waals surface area (Å²) in [7, 11) is 0. The minimum absolute atomic E-state index is 0.327. The van der Waals surface area contributed by atoms with Gasteiger partial charge in [-0.2, -0.15) is 10.4 Å². The number of hydrogen-bond acceptors (Lipinski definition) is 10. The summed E-state index contributed by atoms with van der Waals surface area (Å²) in [6, 6.07) is 14.6. The molecule has 0 fully saturated rings. The van der Waals surface area contributed by atoms with Crippen LogP contribution < -0.4 is 9.47 Å². The third kappa shape index (κ3) is 7.35. The minimum atomic E-state index is 0.327. The summed E-state index contributed by atoms with van der Waals surface area (Å²) in [5, 5.41) is 17.5. The largest absolute Gasteiger partial charge is 0.492 e. The number of hydrogen-bond donors (Lipinski definition) is 1. The molecule has 0 aliphatic heterocycles. The van der Waals surface area contributed by atoms with Crippen LogP contribution in [0.2, 0.25) is 0 Å². The molecule has 4 aromatic heterocycles. The molecule has 0 unspecified atom stereocenters. The fourth-order valence-corrected chi connectivity index (χ4v) is 4.32. The smallest absolute Gasteiger partial charge is 0.299 e. The monoisotopic (exact) mass is 564 g/mol. The van der Waals surface area contributed by atoms with Crippen molar-refractivity contribution in [1.82, 2.24) is 30.1 Å². The Morgan fingerprint density at radius 2 is 1.88 bits per heavy atom. The van der Waals surface area contributed by atoms with Crippen molar-refractivity contribution >= 4 is 23.6 Å². The normalized spacial score (nSPS) is 10.2. The van der Waals surface area contributed by atoms with Crippen molar-refractivity contribution in [3.8, 4) is 50.2 Å². The van der Waals surface area contributed by atoms with Crippen LogP contribution in [0.1, 0.15) is 25.1 Å². The number of rotatable bonds is 8. The van der Waals surface area contributed by atoms with Crippen LogP contribution in [0.15, 0.2) is 61.1 Å². The maximum absolute atomic E-state index is 10.4. The zero-order valence-corrected chi connectivity index (χ0v) is 23.2. The lowest BCUT2D eigenvalue weighted by Gasteiger charge is -2.10. The van der Waals surface area contributed by atoms with Crippen LogP contribution in [-0.4, -0.2) is 43.2 Å². The van der Waals surface area contributed by atoms with E-state index in [1.807, 2.05) is 32.0 Å². The van der Waals surface area contributed by atoms with E-state index >= 15 is 0 Å². The van der Waals surface area contributed by atoms with Crippen LogP contribution in [0.25, 0.3) is 38.2 Å². The summed E-state index contributed by atoms with van der Waals surface area (Å²) in [6.07, 6.45) is 4.97. The summed E-state index contributed by atoms with van der Waals surface area (Å²) < 4.78 is 10.5. The van der Waals surface area contributed by atoms with Gasteiger partial charge < -0.3 is 14.3 Å². The lowest BCUT2D eigenvalue weighted by atomic mass is 10.1. The Bertz CT molecular complexity index is 1720.